The number of carbonyl (C=O) groups excluding carboxylic acids is 2. The number of benzene rings is 1. The molecule has 0 aliphatic carbocycles. The first-order chi connectivity index (χ1) is 16.5. The van der Waals surface area contributed by atoms with Crippen molar-refractivity contribution in [2.24, 2.45) is 0 Å². The second kappa shape index (κ2) is 9.27. The molecule has 2 amide bonds. The van der Waals surface area contributed by atoms with E-state index < -0.39 is 0 Å². The summed E-state index contributed by atoms with van der Waals surface area (Å²) in [5.74, 6) is 0.148. The summed E-state index contributed by atoms with van der Waals surface area (Å²) < 4.78 is 0.948. The number of hydrogen-bond donors (Lipinski definition) is 5. The molecule has 1 unspecified atom stereocenters. The second-order valence-corrected chi connectivity index (χ2v) is 9.28. The van der Waals surface area contributed by atoms with Crippen molar-refractivity contribution in [2.45, 2.75) is 6.04 Å². The predicted molar refractivity (Wildman–Crippen MR) is 136 cm³/mol. The van der Waals surface area contributed by atoms with Gasteiger partial charge in [0.15, 0.2) is 0 Å². The van der Waals surface area contributed by atoms with Crippen LogP contribution >= 0.6 is 32.2 Å². The molecule has 0 spiro atoms. The molecule has 5 N–H and O–H groups in total. The van der Waals surface area contributed by atoms with E-state index in [1.807, 2.05) is 18.2 Å². The third-order valence-electron chi connectivity index (χ3n) is 5.32. The maximum absolute atomic E-state index is 12.7. The number of carbonyl (C=O) groups is 2. The maximum atomic E-state index is 12.7. The smallest absolute Gasteiger partial charge is 0.263 e. The lowest BCUT2D eigenvalue weighted by Crippen LogP contribution is -2.39. The predicted octanol–water partition coefficient (Wildman–Crippen LogP) is 2.72. The molecule has 13 heteroatoms. The summed E-state index contributed by atoms with van der Waals surface area (Å²) in [4.78, 5) is 38.3. The average molecular weight is 516 g/mol. The Balaban J connectivity index is 1.55. The normalized spacial score (nSPS) is 15.4. The number of fused-ring (bicyclic) bond motifs is 5. The highest BCUT2D eigenvalue weighted by Crippen LogP contribution is 2.41. The molecule has 3 aromatic heterocycles. The van der Waals surface area contributed by atoms with Gasteiger partial charge >= 0.3 is 0 Å². The first-order valence-corrected chi connectivity index (χ1v) is 12.3. The van der Waals surface area contributed by atoms with E-state index in [0.29, 0.717) is 29.0 Å². The van der Waals surface area contributed by atoms with Crippen LogP contribution in [0.25, 0.3) is 21.0 Å². The minimum Gasteiger partial charge on any atom is -0.394 e. The highest BCUT2D eigenvalue weighted by atomic mass is 35.5. The second-order valence-electron chi connectivity index (χ2n) is 7.48. The molecule has 34 heavy (non-hydrogen) atoms. The van der Waals surface area contributed by atoms with E-state index in [4.69, 9.17) is 11.6 Å². The van der Waals surface area contributed by atoms with E-state index >= 15 is 0 Å². The quantitative estimate of drug-likeness (QED) is 0.202. The molecule has 0 saturated carbocycles. The van der Waals surface area contributed by atoms with Crippen molar-refractivity contribution in [1.82, 2.24) is 25.6 Å². The number of rotatable bonds is 5. The third kappa shape index (κ3) is 4.12. The van der Waals surface area contributed by atoms with E-state index in [9.17, 15) is 14.7 Å². The Hall–Kier alpha value is -3.11. The Labute approximate surface area is 204 Å². The van der Waals surface area contributed by atoms with Crippen LogP contribution in [-0.4, -0.2) is 57.4 Å². The fourth-order valence-corrected chi connectivity index (χ4v) is 5.18. The Kier molecular flexibility index (Phi) is 6.18. The van der Waals surface area contributed by atoms with Gasteiger partial charge in [-0.1, -0.05) is 0 Å². The SMILES string of the molecule is O=C(NCP)c1cnc(Cl)nc1Nc1ccc2c(ccc3sc4c(c32)NC[C@@H](CO)NC4=O)n1. The van der Waals surface area contributed by atoms with Crippen LogP contribution in [0, 0.1) is 0 Å². The lowest BCUT2D eigenvalue weighted by molar-refractivity contribution is 0.0927. The number of nitrogens with one attached hydrogen (secondary N) is 4. The van der Waals surface area contributed by atoms with E-state index in [0.717, 1.165) is 21.2 Å². The van der Waals surface area contributed by atoms with Gasteiger partial charge in [0.2, 0.25) is 5.28 Å². The zero-order valence-electron chi connectivity index (χ0n) is 17.6. The van der Waals surface area contributed by atoms with E-state index in [1.54, 1.807) is 6.07 Å². The molecule has 0 bridgehead atoms. The van der Waals surface area contributed by atoms with Gasteiger partial charge < -0.3 is 26.4 Å². The zero-order chi connectivity index (χ0) is 23.8. The molecule has 1 aliphatic heterocycles. The summed E-state index contributed by atoms with van der Waals surface area (Å²) >= 11 is 7.34. The number of halogens is 1. The number of aliphatic hydroxyl groups is 1. The lowest BCUT2D eigenvalue weighted by Gasteiger charge is -2.13. The van der Waals surface area contributed by atoms with Crippen LogP contribution in [-0.2, 0) is 0 Å². The molecule has 0 radical (unpaired) electrons. The largest absolute Gasteiger partial charge is 0.394 e. The van der Waals surface area contributed by atoms with Crippen LogP contribution in [0.15, 0.2) is 30.5 Å². The van der Waals surface area contributed by atoms with Crippen LogP contribution in [0.4, 0.5) is 17.3 Å². The van der Waals surface area contributed by atoms with Gasteiger partial charge in [-0.05, 0) is 35.9 Å². The Morgan fingerprint density at radius 2 is 2.15 bits per heavy atom. The first kappa shape index (κ1) is 22.7. The average Bonchev–Trinajstić information content (AvgIpc) is 3.13. The molecule has 0 saturated heterocycles. The van der Waals surface area contributed by atoms with Crippen LogP contribution in [0.1, 0.15) is 20.0 Å². The van der Waals surface area contributed by atoms with Crippen molar-refractivity contribution >= 4 is 82.3 Å². The number of aromatic nitrogens is 3. The molecule has 174 valence electrons. The lowest BCUT2D eigenvalue weighted by atomic mass is 10.1. The minimum absolute atomic E-state index is 0.000998. The molecule has 5 rings (SSSR count). The number of thiophene rings is 1. The summed E-state index contributed by atoms with van der Waals surface area (Å²) in [6.07, 6.45) is 1.73. The van der Waals surface area contributed by atoms with Crippen molar-refractivity contribution in [2.75, 3.05) is 30.1 Å². The van der Waals surface area contributed by atoms with Crippen LogP contribution in [0.5, 0.6) is 0 Å². The fraction of sp³-hybridized carbons (Fsp3) is 0.190. The van der Waals surface area contributed by atoms with Crippen LogP contribution < -0.4 is 21.3 Å². The van der Waals surface area contributed by atoms with Gasteiger partial charge in [0.1, 0.15) is 22.1 Å². The van der Waals surface area contributed by atoms with Crippen molar-refractivity contribution < 1.29 is 14.7 Å². The topological polar surface area (TPSA) is 141 Å². The number of amides is 2. The summed E-state index contributed by atoms with van der Waals surface area (Å²) in [5, 5.41) is 23.1. The number of pyridine rings is 1. The highest BCUT2D eigenvalue weighted by molar-refractivity contribution is 7.21. The van der Waals surface area contributed by atoms with Gasteiger partial charge in [0.05, 0.1) is 23.9 Å². The summed E-state index contributed by atoms with van der Waals surface area (Å²) in [5.41, 5.74) is 1.67. The van der Waals surface area contributed by atoms with E-state index in [2.05, 4.69) is 45.5 Å². The van der Waals surface area contributed by atoms with Gasteiger partial charge in [-0.25, -0.2) is 9.97 Å². The number of nitrogens with zero attached hydrogens (tertiary/aromatic N) is 3. The first-order valence-electron chi connectivity index (χ1n) is 10.3. The molecule has 10 nitrogen and oxygen atoms in total. The van der Waals surface area contributed by atoms with Gasteiger partial charge in [-0.3, -0.25) is 9.59 Å². The molecule has 1 aromatic carbocycles. The Bertz CT molecular complexity index is 1450. The van der Waals surface area contributed by atoms with Gasteiger partial charge in [-0.2, -0.15) is 4.98 Å². The molecule has 1 aliphatic rings. The maximum Gasteiger partial charge on any atom is 0.263 e. The summed E-state index contributed by atoms with van der Waals surface area (Å²) in [6, 6.07) is 7.11. The van der Waals surface area contributed by atoms with E-state index in [-0.39, 0.29) is 41.1 Å². The number of aliphatic hydroxyl groups excluding tert-OH is 1. The van der Waals surface area contributed by atoms with Crippen molar-refractivity contribution in [3.8, 4) is 0 Å². The summed E-state index contributed by atoms with van der Waals surface area (Å²) in [6.45, 7) is 0.271. The molecular weight excluding hydrogens is 497 g/mol. The molecule has 2 atom stereocenters. The molecule has 4 heterocycles. The van der Waals surface area contributed by atoms with Gasteiger partial charge in [0.25, 0.3) is 11.8 Å². The van der Waals surface area contributed by atoms with Crippen LogP contribution in [0.2, 0.25) is 5.28 Å². The third-order valence-corrected chi connectivity index (χ3v) is 6.86. The minimum atomic E-state index is -0.358. The number of hydrogen-bond acceptors (Lipinski definition) is 9. The molecule has 4 aromatic rings. The van der Waals surface area contributed by atoms with Crippen molar-refractivity contribution in [1.29, 1.82) is 0 Å². The van der Waals surface area contributed by atoms with Crippen molar-refractivity contribution in [3.63, 3.8) is 0 Å². The van der Waals surface area contributed by atoms with E-state index in [1.165, 1.54) is 17.5 Å². The van der Waals surface area contributed by atoms with Gasteiger partial charge in [-0.15, -0.1) is 20.6 Å². The van der Waals surface area contributed by atoms with Crippen LogP contribution in [0.3, 0.4) is 0 Å². The van der Waals surface area contributed by atoms with Crippen molar-refractivity contribution in [3.05, 3.63) is 46.2 Å². The zero-order valence-corrected chi connectivity index (χ0v) is 20.3. The summed E-state index contributed by atoms with van der Waals surface area (Å²) in [7, 11) is 2.42. The number of anilines is 3. The Morgan fingerprint density at radius 1 is 1.29 bits per heavy atom. The Morgan fingerprint density at radius 3 is 2.94 bits per heavy atom. The fourth-order valence-electron chi connectivity index (χ4n) is 3.77. The van der Waals surface area contributed by atoms with Gasteiger partial charge in [0, 0.05) is 34.5 Å². The molecule has 0 fully saturated rings. The standard InChI is InChI=1S/C21H19ClN7O3PS/c22-21-24-6-11(19(31)25-8-33)18(29-21)28-14-4-1-10-12(27-14)2-3-13-15(10)16-17(34-13)20(32)26-9(7-30)5-23-16/h1-4,6,9,23,30H,5,7-8,33H2,(H,25,31)(H,26,32)(H,24,27,28,29)/t9-/m0/s1. The highest BCUT2D eigenvalue weighted by Gasteiger charge is 2.26. The monoisotopic (exact) mass is 515 g/mol. The molecular formula is C21H19ClN7O3PS.